The van der Waals surface area contributed by atoms with Gasteiger partial charge in [-0.2, -0.15) is 0 Å². The zero-order valence-corrected chi connectivity index (χ0v) is 12.2. The van der Waals surface area contributed by atoms with Gasteiger partial charge in [0.05, 0.1) is 16.4 Å². The SMILES string of the molecule is O=S(=O)(c1ccccc1)c1ccc2c(c1)O[C@@H](CO)CC2. The molecule has 2 aromatic rings. The summed E-state index contributed by atoms with van der Waals surface area (Å²) >= 11 is 0. The molecule has 0 fully saturated rings. The Morgan fingerprint density at radius 3 is 2.57 bits per heavy atom. The standard InChI is InChI=1S/C16H16O4S/c17-11-13-8-6-12-7-9-15(10-16(12)20-13)21(18,19)14-4-2-1-3-5-14/h1-5,7,9-10,13,17H,6,8,11H2/t13-/m1/s1. The summed E-state index contributed by atoms with van der Waals surface area (Å²) in [6.45, 7) is -0.0604. The van der Waals surface area contributed by atoms with Crippen LogP contribution < -0.4 is 4.74 Å². The molecule has 1 aliphatic rings. The Morgan fingerprint density at radius 2 is 1.86 bits per heavy atom. The van der Waals surface area contributed by atoms with Crippen molar-refractivity contribution >= 4 is 9.84 Å². The molecule has 0 bridgehead atoms. The maximum Gasteiger partial charge on any atom is 0.206 e. The Hall–Kier alpha value is -1.85. The summed E-state index contributed by atoms with van der Waals surface area (Å²) in [5.74, 6) is 0.553. The van der Waals surface area contributed by atoms with Crippen molar-refractivity contribution in [3.8, 4) is 5.75 Å². The number of sulfone groups is 1. The lowest BCUT2D eigenvalue weighted by atomic mass is 10.0. The minimum absolute atomic E-state index is 0.0604. The summed E-state index contributed by atoms with van der Waals surface area (Å²) in [6.07, 6.45) is 1.27. The zero-order chi connectivity index (χ0) is 14.9. The van der Waals surface area contributed by atoms with Gasteiger partial charge in [0.1, 0.15) is 11.9 Å². The number of fused-ring (bicyclic) bond motifs is 1. The fraction of sp³-hybridized carbons (Fsp3) is 0.250. The van der Waals surface area contributed by atoms with E-state index in [0.29, 0.717) is 5.75 Å². The molecule has 0 amide bonds. The molecule has 1 aliphatic heterocycles. The van der Waals surface area contributed by atoms with Crippen molar-refractivity contribution in [3.63, 3.8) is 0 Å². The molecular weight excluding hydrogens is 288 g/mol. The molecule has 0 spiro atoms. The van der Waals surface area contributed by atoms with E-state index in [2.05, 4.69) is 0 Å². The number of ether oxygens (including phenoxy) is 1. The molecule has 3 rings (SSSR count). The van der Waals surface area contributed by atoms with Crippen molar-refractivity contribution in [2.75, 3.05) is 6.61 Å². The van der Waals surface area contributed by atoms with Crippen molar-refractivity contribution in [3.05, 3.63) is 54.1 Å². The largest absolute Gasteiger partial charge is 0.488 e. The van der Waals surface area contributed by atoms with Crippen LogP contribution >= 0.6 is 0 Å². The van der Waals surface area contributed by atoms with Crippen LogP contribution in [0.4, 0.5) is 0 Å². The average molecular weight is 304 g/mol. The fourth-order valence-electron chi connectivity index (χ4n) is 2.44. The third kappa shape index (κ3) is 2.66. The highest BCUT2D eigenvalue weighted by molar-refractivity contribution is 7.91. The van der Waals surface area contributed by atoms with Crippen LogP contribution in [0.15, 0.2) is 58.3 Å². The van der Waals surface area contributed by atoms with Crippen molar-refractivity contribution in [2.45, 2.75) is 28.7 Å². The van der Waals surface area contributed by atoms with Gasteiger partial charge in [-0.25, -0.2) is 8.42 Å². The Morgan fingerprint density at radius 1 is 1.10 bits per heavy atom. The fourth-order valence-corrected chi connectivity index (χ4v) is 3.73. The van der Waals surface area contributed by atoms with Crippen molar-refractivity contribution in [2.24, 2.45) is 0 Å². The normalized spacial score (nSPS) is 17.9. The zero-order valence-electron chi connectivity index (χ0n) is 11.4. The number of benzene rings is 2. The summed E-state index contributed by atoms with van der Waals surface area (Å²) < 4.78 is 30.8. The van der Waals surface area contributed by atoms with Gasteiger partial charge < -0.3 is 9.84 Å². The van der Waals surface area contributed by atoms with E-state index < -0.39 is 9.84 Å². The second-order valence-corrected chi connectivity index (χ2v) is 7.00. The molecule has 1 atom stereocenters. The number of hydrogen-bond donors (Lipinski definition) is 1. The Kier molecular flexibility index (Phi) is 3.69. The number of rotatable bonds is 3. The smallest absolute Gasteiger partial charge is 0.206 e. The summed E-state index contributed by atoms with van der Waals surface area (Å²) in [7, 11) is -3.54. The third-order valence-electron chi connectivity index (χ3n) is 3.64. The first-order valence-corrected chi connectivity index (χ1v) is 8.30. The molecule has 0 saturated heterocycles. The maximum atomic E-state index is 12.6. The second kappa shape index (κ2) is 5.50. The number of aryl methyl sites for hydroxylation is 1. The van der Waals surface area contributed by atoms with E-state index in [9.17, 15) is 13.5 Å². The van der Waals surface area contributed by atoms with Crippen LogP contribution in [0.1, 0.15) is 12.0 Å². The monoisotopic (exact) mass is 304 g/mol. The predicted octanol–water partition coefficient (Wildman–Crippen LogP) is 2.21. The quantitative estimate of drug-likeness (QED) is 0.944. The van der Waals surface area contributed by atoms with Gasteiger partial charge in [-0.3, -0.25) is 0 Å². The molecule has 1 heterocycles. The van der Waals surface area contributed by atoms with E-state index in [1.54, 1.807) is 48.5 Å². The van der Waals surface area contributed by atoms with E-state index >= 15 is 0 Å². The van der Waals surface area contributed by atoms with Crippen LogP contribution in [-0.2, 0) is 16.3 Å². The molecular formula is C16H16O4S. The Balaban J connectivity index is 2.01. The van der Waals surface area contributed by atoms with Crippen LogP contribution in [0.2, 0.25) is 0 Å². The predicted molar refractivity (Wildman–Crippen MR) is 78.2 cm³/mol. The summed E-state index contributed by atoms with van der Waals surface area (Å²) in [6, 6.07) is 13.3. The van der Waals surface area contributed by atoms with Crippen molar-refractivity contribution in [1.82, 2.24) is 0 Å². The number of hydrogen-bond acceptors (Lipinski definition) is 4. The van der Waals surface area contributed by atoms with Crippen molar-refractivity contribution < 1.29 is 18.3 Å². The molecule has 1 N–H and O–H groups in total. The minimum atomic E-state index is -3.54. The minimum Gasteiger partial charge on any atom is -0.488 e. The first-order valence-electron chi connectivity index (χ1n) is 6.82. The van der Waals surface area contributed by atoms with Crippen LogP contribution in [0, 0.1) is 0 Å². The molecule has 0 aliphatic carbocycles. The lowest BCUT2D eigenvalue weighted by Gasteiger charge is -2.25. The Labute approximate surface area is 123 Å². The molecule has 0 radical (unpaired) electrons. The lowest BCUT2D eigenvalue weighted by molar-refractivity contribution is 0.0975. The first-order chi connectivity index (χ1) is 10.1. The summed E-state index contributed by atoms with van der Waals surface area (Å²) in [4.78, 5) is 0.477. The van der Waals surface area contributed by atoms with Crippen molar-refractivity contribution in [1.29, 1.82) is 0 Å². The van der Waals surface area contributed by atoms with E-state index in [-0.39, 0.29) is 22.5 Å². The summed E-state index contributed by atoms with van der Waals surface area (Å²) in [5.41, 5.74) is 0.978. The van der Waals surface area contributed by atoms with E-state index in [1.165, 1.54) is 0 Å². The van der Waals surface area contributed by atoms with Crippen LogP contribution in [0.25, 0.3) is 0 Å². The van der Waals surface area contributed by atoms with E-state index in [1.807, 2.05) is 0 Å². The molecule has 4 nitrogen and oxygen atoms in total. The topological polar surface area (TPSA) is 63.6 Å². The van der Waals surface area contributed by atoms with Gasteiger partial charge in [0, 0.05) is 0 Å². The lowest BCUT2D eigenvalue weighted by Crippen LogP contribution is -2.26. The molecule has 110 valence electrons. The highest BCUT2D eigenvalue weighted by Crippen LogP contribution is 2.32. The number of aliphatic hydroxyl groups excluding tert-OH is 1. The summed E-state index contributed by atoms with van der Waals surface area (Å²) in [5, 5.41) is 9.18. The van der Waals surface area contributed by atoms with Gasteiger partial charge in [-0.1, -0.05) is 24.3 Å². The van der Waals surface area contributed by atoms with Gasteiger partial charge in [0.15, 0.2) is 0 Å². The van der Waals surface area contributed by atoms with E-state index in [4.69, 9.17) is 4.74 Å². The van der Waals surface area contributed by atoms with Crippen LogP contribution in [0.3, 0.4) is 0 Å². The van der Waals surface area contributed by atoms with Gasteiger partial charge >= 0.3 is 0 Å². The second-order valence-electron chi connectivity index (χ2n) is 5.05. The van der Waals surface area contributed by atoms with Crippen LogP contribution in [0.5, 0.6) is 5.75 Å². The highest BCUT2D eigenvalue weighted by atomic mass is 32.2. The van der Waals surface area contributed by atoms with Gasteiger partial charge in [-0.15, -0.1) is 0 Å². The Bertz CT molecular complexity index is 738. The highest BCUT2D eigenvalue weighted by Gasteiger charge is 2.23. The molecule has 0 aromatic heterocycles. The van der Waals surface area contributed by atoms with Crippen LogP contribution in [-0.4, -0.2) is 26.2 Å². The molecule has 0 saturated carbocycles. The van der Waals surface area contributed by atoms with Gasteiger partial charge in [0.2, 0.25) is 9.84 Å². The van der Waals surface area contributed by atoms with E-state index in [0.717, 1.165) is 18.4 Å². The average Bonchev–Trinajstić information content (AvgIpc) is 2.54. The first kappa shape index (κ1) is 14.1. The molecule has 2 aromatic carbocycles. The third-order valence-corrected chi connectivity index (χ3v) is 5.40. The van der Waals surface area contributed by atoms with Gasteiger partial charge in [-0.05, 0) is 42.7 Å². The molecule has 21 heavy (non-hydrogen) atoms. The van der Waals surface area contributed by atoms with Gasteiger partial charge in [0.25, 0.3) is 0 Å². The molecule has 5 heteroatoms. The maximum absolute atomic E-state index is 12.6. The molecule has 0 unspecified atom stereocenters. The number of aliphatic hydroxyl groups is 1.